The molecule has 0 aromatic heterocycles. The first-order valence-corrected chi connectivity index (χ1v) is 8.28. The molecule has 0 saturated heterocycles. The van der Waals surface area contributed by atoms with E-state index in [9.17, 15) is 0 Å². The molecule has 1 heterocycles. The molecule has 0 fully saturated rings. The molecule has 20 heavy (non-hydrogen) atoms. The lowest BCUT2D eigenvalue weighted by Gasteiger charge is -2.17. The Hall–Kier alpha value is -1.02. The van der Waals surface area contributed by atoms with Gasteiger partial charge in [0.25, 0.3) is 0 Å². The largest absolute Gasteiger partial charge is 0.493 e. The molecule has 2 nitrogen and oxygen atoms in total. The summed E-state index contributed by atoms with van der Waals surface area (Å²) in [5.74, 6) is 1.09. The number of benzene rings is 1. The van der Waals surface area contributed by atoms with Crippen LogP contribution in [0, 0.1) is 0 Å². The van der Waals surface area contributed by atoms with Crippen molar-refractivity contribution in [3.8, 4) is 5.75 Å². The van der Waals surface area contributed by atoms with Gasteiger partial charge in [0.05, 0.1) is 6.61 Å². The molecule has 2 rings (SSSR count). The summed E-state index contributed by atoms with van der Waals surface area (Å²) in [5.41, 5.74) is 2.80. The van der Waals surface area contributed by atoms with E-state index in [-0.39, 0.29) is 0 Å². The minimum Gasteiger partial charge on any atom is -0.493 e. The van der Waals surface area contributed by atoms with E-state index in [1.54, 1.807) is 0 Å². The molecule has 1 unspecified atom stereocenters. The topological polar surface area (TPSA) is 21.3 Å². The van der Waals surface area contributed by atoms with Crippen molar-refractivity contribution < 1.29 is 4.74 Å². The minimum absolute atomic E-state index is 0.493. The van der Waals surface area contributed by atoms with E-state index in [2.05, 4.69) is 37.5 Å². The van der Waals surface area contributed by atoms with Crippen LogP contribution in [0.2, 0.25) is 0 Å². The zero-order valence-electron chi connectivity index (χ0n) is 13.1. The van der Waals surface area contributed by atoms with Gasteiger partial charge in [-0.1, -0.05) is 57.6 Å². The third-order valence-electron chi connectivity index (χ3n) is 4.31. The average molecular weight is 275 g/mol. The second-order valence-corrected chi connectivity index (χ2v) is 5.86. The Morgan fingerprint density at radius 2 is 1.95 bits per heavy atom. The zero-order chi connectivity index (χ0) is 14.2. The van der Waals surface area contributed by atoms with E-state index in [4.69, 9.17) is 4.74 Å². The van der Waals surface area contributed by atoms with Gasteiger partial charge in [-0.05, 0) is 30.7 Å². The van der Waals surface area contributed by atoms with Crippen molar-refractivity contribution in [1.82, 2.24) is 5.32 Å². The Bertz CT molecular complexity index is 402. The predicted molar refractivity (Wildman–Crippen MR) is 85.4 cm³/mol. The quantitative estimate of drug-likeness (QED) is 0.663. The smallest absolute Gasteiger partial charge is 0.122 e. The predicted octanol–water partition coefficient (Wildman–Crippen LogP) is 4.63. The molecule has 1 atom stereocenters. The molecular weight excluding hydrogens is 246 g/mol. The SMILES string of the molecule is CCCCCCCCC(NC)c1ccc2c(c1)CCO2. The second-order valence-electron chi connectivity index (χ2n) is 5.86. The Kier molecular flexibility index (Phi) is 6.38. The lowest BCUT2D eigenvalue weighted by atomic mass is 9.97. The summed E-state index contributed by atoms with van der Waals surface area (Å²) in [6.45, 7) is 3.12. The summed E-state index contributed by atoms with van der Waals surface area (Å²) in [5, 5.41) is 3.47. The fourth-order valence-electron chi connectivity index (χ4n) is 3.03. The number of unbranched alkanes of at least 4 members (excludes halogenated alkanes) is 5. The molecule has 0 amide bonds. The summed E-state index contributed by atoms with van der Waals surface area (Å²) >= 11 is 0. The molecule has 1 N–H and O–H groups in total. The number of fused-ring (bicyclic) bond motifs is 1. The molecule has 0 radical (unpaired) electrons. The fourth-order valence-corrected chi connectivity index (χ4v) is 3.03. The Balaban J connectivity index is 1.79. The van der Waals surface area contributed by atoms with Crippen LogP contribution in [0.15, 0.2) is 18.2 Å². The second kappa shape index (κ2) is 8.31. The highest BCUT2D eigenvalue weighted by molar-refractivity contribution is 5.40. The van der Waals surface area contributed by atoms with E-state index in [1.807, 2.05) is 0 Å². The van der Waals surface area contributed by atoms with Gasteiger partial charge in [-0.25, -0.2) is 0 Å². The average Bonchev–Trinajstić information content (AvgIpc) is 2.94. The molecule has 1 aromatic carbocycles. The first-order chi connectivity index (χ1) is 9.85. The van der Waals surface area contributed by atoms with Gasteiger partial charge in [-0.15, -0.1) is 0 Å². The number of hydrogen-bond donors (Lipinski definition) is 1. The summed E-state index contributed by atoms with van der Waals surface area (Å²) < 4.78 is 5.58. The van der Waals surface area contributed by atoms with Crippen molar-refractivity contribution >= 4 is 0 Å². The summed E-state index contributed by atoms with van der Waals surface area (Å²) in [6.07, 6.45) is 10.5. The molecule has 0 aliphatic carbocycles. The number of hydrogen-bond acceptors (Lipinski definition) is 2. The van der Waals surface area contributed by atoms with Crippen LogP contribution in [-0.2, 0) is 6.42 Å². The first kappa shape index (κ1) is 15.4. The highest BCUT2D eigenvalue weighted by Crippen LogP contribution is 2.29. The van der Waals surface area contributed by atoms with Crippen LogP contribution in [0.4, 0.5) is 0 Å². The maximum atomic E-state index is 5.58. The van der Waals surface area contributed by atoms with Crippen LogP contribution in [0.3, 0.4) is 0 Å². The van der Waals surface area contributed by atoms with Gasteiger partial charge >= 0.3 is 0 Å². The van der Waals surface area contributed by atoms with Crippen molar-refractivity contribution in [1.29, 1.82) is 0 Å². The summed E-state index contributed by atoms with van der Waals surface area (Å²) in [7, 11) is 2.07. The number of nitrogens with one attached hydrogen (secondary N) is 1. The lowest BCUT2D eigenvalue weighted by molar-refractivity contribution is 0.356. The zero-order valence-corrected chi connectivity index (χ0v) is 13.1. The molecule has 0 spiro atoms. The van der Waals surface area contributed by atoms with Crippen LogP contribution in [0.5, 0.6) is 5.75 Å². The Morgan fingerprint density at radius 1 is 1.15 bits per heavy atom. The van der Waals surface area contributed by atoms with Crippen LogP contribution in [0.1, 0.15) is 69.0 Å². The van der Waals surface area contributed by atoms with Crippen molar-refractivity contribution in [2.45, 2.75) is 64.3 Å². The number of rotatable bonds is 9. The molecule has 2 heteroatoms. The van der Waals surface area contributed by atoms with Crippen molar-refractivity contribution in [2.24, 2.45) is 0 Å². The van der Waals surface area contributed by atoms with Gasteiger partial charge < -0.3 is 10.1 Å². The van der Waals surface area contributed by atoms with Gasteiger partial charge in [0, 0.05) is 12.5 Å². The molecule has 112 valence electrons. The van der Waals surface area contributed by atoms with Gasteiger partial charge in [0.15, 0.2) is 0 Å². The van der Waals surface area contributed by atoms with Crippen LogP contribution in [0.25, 0.3) is 0 Å². The summed E-state index contributed by atoms with van der Waals surface area (Å²) in [6, 6.07) is 7.19. The lowest BCUT2D eigenvalue weighted by Crippen LogP contribution is -2.16. The highest BCUT2D eigenvalue weighted by Gasteiger charge is 2.15. The standard InChI is InChI=1S/C18H29NO/c1-3-4-5-6-7-8-9-17(19-2)15-10-11-18-16(14-15)12-13-20-18/h10-11,14,17,19H,3-9,12-13H2,1-2H3. The van der Waals surface area contributed by atoms with E-state index in [0.717, 1.165) is 18.8 Å². The molecule has 0 saturated carbocycles. The van der Waals surface area contributed by atoms with Gasteiger partial charge in [0.2, 0.25) is 0 Å². The van der Waals surface area contributed by atoms with Crippen LogP contribution < -0.4 is 10.1 Å². The van der Waals surface area contributed by atoms with Gasteiger partial charge in [-0.2, -0.15) is 0 Å². The maximum Gasteiger partial charge on any atom is 0.122 e. The Labute approximate surface area is 123 Å². The van der Waals surface area contributed by atoms with E-state index in [1.165, 1.54) is 56.1 Å². The van der Waals surface area contributed by atoms with Gasteiger partial charge in [0.1, 0.15) is 5.75 Å². The molecule has 1 aliphatic rings. The van der Waals surface area contributed by atoms with Crippen molar-refractivity contribution in [2.75, 3.05) is 13.7 Å². The normalized spacial score (nSPS) is 14.9. The summed E-state index contributed by atoms with van der Waals surface area (Å²) in [4.78, 5) is 0. The van der Waals surface area contributed by atoms with E-state index < -0.39 is 0 Å². The van der Waals surface area contributed by atoms with Crippen LogP contribution >= 0.6 is 0 Å². The van der Waals surface area contributed by atoms with E-state index >= 15 is 0 Å². The molecule has 1 aromatic rings. The minimum atomic E-state index is 0.493. The van der Waals surface area contributed by atoms with Crippen molar-refractivity contribution in [3.05, 3.63) is 29.3 Å². The molecule has 0 bridgehead atoms. The third-order valence-corrected chi connectivity index (χ3v) is 4.31. The fraction of sp³-hybridized carbons (Fsp3) is 0.667. The van der Waals surface area contributed by atoms with Gasteiger partial charge in [-0.3, -0.25) is 0 Å². The van der Waals surface area contributed by atoms with Crippen molar-refractivity contribution in [3.63, 3.8) is 0 Å². The molecular formula is C18H29NO. The highest BCUT2D eigenvalue weighted by atomic mass is 16.5. The monoisotopic (exact) mass is 275 g/mol. The first-order valence-electron chi connectivity index (χ1n) is 8.28. The maximum absolute atomic E-state index is 5.58. The van der Waals surface area contributed by atoms with E-state index in [0.29, 0.717) is 6.04 Å². The molecule has 1 aliphatic heterocycles. The van der Waals surface area contributed by atoms with Crippen LogP contribution in [-0.4, -0.2) is 13.7 Å². The third kappa shape index (κ3) is 4.24. The Morgan fingerprint density at radius 3 is 2.75 bits per heavy atom. The number of ether oxygens (including phenoxy) is 1.